The fourth-order valence-electron chi connectivity index (χ4n) is 1.43. The molecule has 0 saturated carbocycles. The summed E-state index contributed by atoms with van der Waals surface area (Å²) in [6.45, 7) is 1.23. The highest BCUT2D eigenvalue weighted by molar-refractivity contribution is 5.73. The maximum atomic E-state index is 10.5. The van der Waals surface area contributed by atoms with Gasteiger partial charge in [-0.1, -0.05) is 6.07 Å². The Kier molecular flexibility index (Phi) is 5.29. The van der Waals surface area contributed by atoms with Crippen LogP contribution >= 0.6 is 0 Å². The molecular formula is C12H18N2O3. The first-order chi connectivity index (χ1) is 8.17. The van der Waals surface area contributed by atoms with Gasteiger partial charge in [0.2, 0.25) is 5.91 Å². The van der Waals surface area contributed by atoms with Gasteiger partial charge in [0.25, 0.3) is 0 Å². The SMILES string of the molecule is COc1ccc(CNCCC(N)=O)cc1OC. The van der Waals surface area contributed by atoms with E-state index in [-0.39, 0.29) is 5.91 Å². The van der Waals surface area contributed by atoms with Crippen LogP contribution in [0.2, 0.25) is 0 Å². The first-order valence-corrected chi connectivity index (χ1v) is 5.37. The van der Waals surface area contributed by atoms with Crippen LogP contribution in [-0.2, 0) is 11.3 Å². The number of nitrogens with two attached hydrogens (primary N) is 1. The van der Waals surface area contributed by atoms with E-state index in [1.54, 1.807) is 14.2 Å². The Hall–Kier alpha value is -1.75. The number of primary amides is 1. The molecule has 0 aliphatic rings. The topological polar surface area (TPSA) is 73.6 Å². The minimum Gasteiger partial charge on any atom is -0.493 e. The zero-order chi connectivity index (χ0) is 12.7. The number of nitrogens with one attached hydrogen (secondary N) is 1. The largest absolute Gasteiger partial charge is 0.493 e. The molecule has 0 fully saturated rings. The van der Waals surface area contributed by atoms with E-state index in [0.29, 0.717) is 31.0 Å². The fourth-order valence-corrected chi connectivity index (χ4v) is 1.43. The second-order valence-corrected chi connectivity index (χ2v) is 3.58. The molecule has 0 bridgehead atoms. The smallest absolute Gasteiger partial charge is 0.218 e. The maximum Gasteiger partial charge on any atom is 0.218 e. The van der Waals surface area contributed by atoms with E-state index < -0.39 is 0 Å². The monoisotopic (exact) mass is 238 g/mol. The number of benzene rings is 1. The van der Waals surface area contributed by atoms with Crippen LogP contribution in [0.25, 0.3) is 0 Å². The number of hydrogen-bond donors (Lipinski definition) is 2. The molecule has 5 heteroatoms. The van der Waals surface area contributed by atoms with E-state index in [1.807, 2.05) is 18.2 Å². The molecule has 0 unspecified atom stereocenters. The molecule has 0 aromatic heterocycles. The second kappa shape index (κ2) is 6.75. The van der Waals surface area contributed by atoms with Crippen molar-refractivity contribution in [2.75, 3.05) is 20.8 Å². The Bertz CT molecular complexity index is 380. The van der Waals surface area contributed by atoms with Crippen LogP contribution in [0.1, 0.15) is 12.0 Å². The van der Waals surface area contributed by atoms with Crippen molar-refractivity contribution in [3.63, 3.8) is 0 Å². The van der Waals surface area contributed by atoms with Crippen LogP contribution in [-0.4, -0.2) is 26.7 Å². The van der Waals surface area contributed by atoms with Gasteiger partial charge in [-0.3, -0.25) is 4.79 Å². The average Bonchev–Trinajstić information content (AvgIpc) is 2.34. The normalized spacial score (nSPS) is 10.0. The molecule has 94 valence electrons. The third kappa shape index (κ3) is 4.32. The Labute approximate surface area is 101 Å². The molecule has 0 atom stereocenters. The quantitative estimate of drug-likeness (QED) is 0.685. The number of methoxy groups -OCH3 is 2. The van der Waals surface area contributed by atoms with Gasteiger partial charge < -0.3 is 20.5 Å². The second-order valence-electron chi connectivity index (χ2n) is 3.58. The number of rotatable bonds is 7. The number of amides is 1. The van der Waals surface area contributed by atoms with Crippen LogP contribution in [0, 0.1) is 0 Å². The van der Waals surface area contributed by atoms with Gasteiger partial charge in [-0.05, 0) is 17.7 Å². The van der Waals surface area contributed by atoms with Crippen molar-refractivity contribution in [3.05, 3.63) is 23.8 Å². The zero-order valence-corrected chi connectivity index (χ0v) is 10.2. The van der Waals surface area contributed by atoms with Crippen LogP contribution < -0.4 is 20.5 Å². The summed E-state index contributed by atoms with van der Waals surface area (Å²) in [5.41, 5.74) is 6.10. The van der Waals surface area contributed by atoms with E-state index in [4.69, 9.17) is 15.2 Å². The van der Waals surface area contributed by atoms with Crippen molar-refractivity contribution < 1.29 is 14.3 Å². The summed E-state index contributed by atoms with van der Waals surface area (Å²) in [6, 6.07) is 5.69. The fraction of sp³-hybridized carbons (Fsp3) is 0.417. The third-order valence-electron chi connectivity index (χ3n) is 2.33. The summed E-state index contributed by atoms with van der Waals surface area (Å²) in [6.07, 6.45) is 0.341. The molecule has 1 amide bonds. The molecule has 3 N–H and O–H groups in total. The summed E-state index contributed by atoms with van der Waals surface area (Å²) in [5.74, 6) is 1.10. The Balaban J connectivity index is 2.51. The Morgan fingerprint density at radius 3 is 2.59 bits per heavy atom. The van der Waals surface area contributed by atoms with Gasteiger partial charge >= 0.3 is 0 Å². The van der Waals surface area contributed by atoms with Crippen molar-refractivity contribution in [2.45, 2.75) is 13.0 Å². The minimum atomic E-state index is -0.301. The molecule has 0 saturated heterocycles. The molecule has 0 spiro atoms. The lowest BCUT2D eigenvalue weighted by Crippen LogP contribution is -2.21. The molecule has 0 heterocycles. The van der Waals surface area contributed by atoms with Gasteiger partial charge in [0, 0.05) is 19.5 Å². The number of carbonyl (C=O) groups excluding carboxylic acids is 1. The summed E-state index contributed by atoms with van der Waals surface area (Å²) < 4.78 is 10.3. The molecule has 1 rings (SSSR count). The van der Waals surface area contributed by atoms with Crippen LogP contribution in [0.15, 0.2) is 18.2 Å². The zero-order valence-electron chi connectivity index (χ0n) is 10.2. The molecule has 0 aliphatic carbocycles. The van der Waals surface area contributed by atoms with Crippen molar-refractivity contribution in [3.8, 4) is 11.5 Å². The molecule has 0 aliphatic heterocycles. The standard InChI is InChI=1S/C12H18N2O3/c1-16-10-4-3-9(7-11(10)17-2)8-14-6-5-12(13)15/h3-4,7,14H,5-6,8H2,1-2H3,(H2,13,15). The molecule has 17 heavy (non-hydrogen) atoms. The van der Waals surface area contributed by atoms with E-state index >= 15 is 0 Å². The highest BCUT2D eigenvalue weighted by atomic mass is 16.5. The van der Waals surface area contributed by atoms with Crippen LogP contribution in [0.3, 0.4) is 0 Å². The predicted octanol–water partition coefficient (Wildman–Crippen LogP) is 0.669. The molecular weight excluding hydrogens is 220 g/mol. The Morgan fingerprint density at radius 2 is 2.00 bits per heavy atom. The van der Waals surface area contributed by atoms with Crippen molar-refractivity contribution in [2.24, 2.45) is 5.73 Å². The van der Waals surface area contributed by atoms with Crippen molar-refractivity contribution in [1.29, 1.82) is 0 Å². The molecule has 1 aromatic rings. The van der Waals surface area contributed by atoms with Gasteiger partial charge in [-0.15, -0.1) is 0 Å². The van der Waals surface area contributed by atoms with Gasteiger partial charge in [-0.2, -0.15) is 0 Å². The highest BCUT2D eigenvalue weighted by Gasteiger charge is 2.04. The summed E-state index contributed by atoms with van der Waals surface area (Å²) in [7, 11) is 3.20. The molecule has 5 nitrogen and oxygen atoms in total. The number of hydrogen-bond acceptors (Lipinski definition) is 4. The first-order valence-electron chi connectivity index (χ1n) is 5.37. The molecule has 1 aromatic carbocycles. The summed E-state index contributed by atoms with van der Waals surface area (Å²) in [5, 5.41) is 3.12. The summed E-state index contributed by atoms with van der Waals surface area (Å²) in [4.78, 5) is 10.5. The van der Waals surface area contributed by atoms with E-state index in [2.05, 4.69) is 5.32 Å². The predicted molar refractivity (Wildman–Crippen MR) is 65.1 cm³/mol. The van der Waals surface area contributed by atoms with Crippen molar-refractivity contribution in [1.82, 2.24) is 5.32 Å². The van der Waals surface area contributed by atoms with E-state index in [1.165, 1.54) is 0 Å². The van der Waals surface area contributed by atoms with Crippen LogP contribution in [0.5, 0.6) is 11.5 Å². The van der Waals surface area contributed by atoms with E-state index in [0.717, 1.165) is 5.56 Å². The maximum absolute atomic E-state index is 10.5. The van der Waals surface area contributed by atoms with Gasteiger partial charge in [0.1, 0.15) is 0 Å². The third-order valence-corrected chi connectivity index (χ3v) is 2.33. The van der Waals surface area contributed by atoms with Gasteiger partial charge in [-0.25, -0.2) is 0 Å². The lowest BCUT2D eigenvalue weighted by Gasteiger charge is -2.10. The van der Waals surface area contributed by atoms with E-state index in [9.17, 15) is 4.79 Å². The number of ether oxygens (including phenoxy) is 2. The lowest BCUT2D eigenvalue weighted by atomic mass is 10.2. The lowest BCUT2D eigenvalue weighted by molar-refractivity contribution is -0.117. The Morgan fingerprint density at radius 1 is 1.29 bits per heavy atom. The van der Waals surface area contributed by atoms with Gasteiger partial charge in [0.05, 0.1) is 14.2 Å². The van der Waals surface area contributed by atoms with Gasteiger partial charge in [0.15, 0.2) is 11.5 Å². The average molecular weight is 238 g/mol. The first kappa shape index (κ1) is 13.3. The van der Waals surface area contributed by atoms with Crippen LogP contribution in [0.4, 0.5) is 0 Å². The molecule has 0 radical (unpaired) electrons. The minimum absolute atomic E-state index is 0.301. The number of carbonyl (C=O) groups is 1. The highest BCUT2D eigenvalue weighted by Crippen LogP contribution is 2.27. The summed E-state index contributed by atoms with van der Waals surface area (Å²) >= 11 is 0. The van der Waals surface area contributed by atoms with Crippen molar-refractivity contribution >= 4 is 5.91 Å².